The molecular weight excluding hydrogens is 252 g/mol. The first kappa shape index (κ1) is 12.1. The predicted octanol–water partition coefficient (Wildman–Crippen LogP) is -0.222. The van der Waals surface area contributed by atoms with Gasteiger partial charge in [0, 0.05) is 26.2 Å². The van der Waals surface area contributed by atoms with Crippen molar-refractivity contribution < 1.29 is 8.42 Å². The SMILES string of the molecule is Cn1nccc1S(=O)(=O)N1CC2CCC(N)C2C1. The zero-order valence-corrected chi connectivity index (χ0v) is 11.2. The van der Waals surface area contributed by atoms with Gasteiger partial charge in [-0.1, -0.05) is 0 Å². The molecule has 3 rings (SSSR count). The van der Waals surface area contributed by atoms with Gasteiger partial charge in [-0.25, -0.2) is 8.42 Å². The summed E-state index contributed by atoms with van der Waals surface area (Å²) in [7, 11) is -1.76. The molecule has 0 spiro atoms. The molecule has 0 radical (unpaired) electrons. The first-order chi connectivity index (χ1) is 8.50. The highest BCUT2D eigenvalue weighted by Gasteiger charge is 2.45. The zero-order valence-electron chi connectivity index (χ0n) is 10.4. The van der Waals surface area contributed by atoms with Gasteiger partial charge in [-0.15, -0.1) is 0 Å². The Kier molecular flexibility index (Phi) is 2.72. The summed E-state index contributed by atoms with van der Waals surface area (Å²) in [6, 6.07) is 1.70. The molecule has 2 aliphatic rings. The number of nitrogens with two attached hydrogens (primary N) is 1. The fraction of sp³-hybridized carbons (Fsp3) is 0.727. The van der Waals surface area contributed by atoms with Crippen molar-refractivity contribution in [3.63, 3.8) is 0 Å². The fourth-order valence-corrected chi connectivity index (χ4v) is 4.84. The molecule has 2 N–H and O–H groups in total. The molecule has 3 unspecified atom stereocenters. The molecule has 1 aliphatic carbocycles. The predicted molar refractivity (Wildman–Crippen MR) is 66.2 cm³/mol. The smallest absolute Gasteiger partial charge is 0.260 e. The number of hydrogen-bond donors (Lipinski definition) is 1. The summed E-state index contributed by atoms with van der Waals surface area (Å²) in [5.74, 6) is 0.760. The number of aromatic nitrogens is 2. The second kappa shape index (κ2) is 4.04. The minimum atomic E-state index is -3.41. The second-order valence-electron chi connectivity index (χ2n) is 5.28. The lowest BCUT2D eigenvalue weighted by Gasteiger charge is -2.18. The van der Waals surface area contributed by atoms with Crippen molar-refractivity contribution in [2.75, 3.05) is 13.1 Å². The fourth-order valence-electron chi connectivity index (χ4n) is 3.21. The third-order valence-corrected chi connectivity index (χ3v) is 6.17. The maximum absolute atomic E-state index is 12.5. The molecule has 1 saturated heterocycles. The van der Waals surface area contributed by atoms with Gasteiger partial charge in [-0.3, -0.25) is 4.68 Å². The number of nitrogens with zero attached hydrogens (tertiary/aromatic N) is 3. The summed E-state index contributed by atoms with van der Waals surface area (Å²) in [5, 5.41) is 4.19. The van der Waals surface area contributed by atoms with Crippen LogP contribution < -0.4 is 5.73 Å². The van der Waals surface area contributed by atoms with Crippen LogP contribution in [0.5, 0.6) is 0 Å². The number of rotatable bonds is 2. The van der Waals surface area contributed by atoms with Crippen molar-refractivity contribution in [2.45, 2.75) is 23.9 Å². The normalized spacial score (nSPS) is 32.9. The van der Waals surface area contributed by atoms with E-state index >= 15 is 0 Å². The standard InChI is InChI=1S/C11H18N4O2S/c1-14-11(4-5-13-14)18(16,17)15-6-8-2-3-10(12)9(8)7-15/h4-5,8-10H,2-3,6-7,12H2,1H3. The van der Waals surface area contributed by atoms with Gasteiger partial charge in [0.05, 0.1) is 6.20 Å². The van der Waals surface area contributed by atoms with E-state index in [0.717, 1.165) is 12.8 Å². The van der Waals surface area contributed by atoms with Crippen LogP contribution in [0.2, 0.25) is 0 Å². The van der Waals surface area contributed by atoms with Crippen LogP contribution >= 0.6 is 0 Å². The number of fused-ring (bicyclic) bond motifs is 1. The van der Waals surface area contributed by atoms with Crippen LogP contribution in [0.3, 0.4) is 0 Å². The van der Waals surface area contributed by atoms with Gasteiger partial charge in [0.2, 0.25) is 0 Å². The lowest BCUT2D eigenvalue weighted by Crippen LogP contribution is -2.34. The van der Waals surface area contributed by atoms with Crippen LogP contribution in [-0.2, 0) is 17.1 Å². The quantitative estimate of drug-likeness (QED) is 0.805. The van der Waals surface area contributed by atoms with E-state index in [1.807, 2.05) is 0 Å². The molecule has 0 amide bonds. The lowest BCUT2D eigenvalue weighted by atomic mass is 9.98. The molecule has 0 bridgehead atoms. The van der Waals surface area contributed by atoms with E-state index in [0.29, 0.717) is 24.9 Å². The van der Waals surface area contributed by atoms with Crippen molar-refractivity contribution in [1.82, 2.24) is 14.1 Å². The monoisotopic (exact) mass is 270 g/mol. The molecule has 18 heavy (non-hydrogen) atoms. The van der Waals surface area contributed by atoms with Crippen LogP contribution in [0.15, 0.2) is 17.3 Å². The first-order valence-electron chi connectivity index (χ1n) is 6.24. The molecule has 7 heteroatoms. The van der Waals surface area contributed by atoms with Crippen molar-refractivity contribution in [1.29, 1.82) is 0 Å². The van der Waals surface area contributed by atoms with Gasteiger partial charge in [0.15, 0.2) is 5.03 Å². The Morgan fingerprint density at radius 2 is 2.17 bits per heavy atom. The zero-order chi connectivity index (χ0) is 12.9. The minimum Gasteiger partial charge on any atom is -0.327 e. The topological polar surface area (TPSA) is 81.2 Å². The van der Waals surface area contributed by atoms with Crippen LogP contribution in [-0.4, -0.2) is 41.6 Å². The third-order valence-electron chi connectivity index (χ3n) is 4.26. The molecule has 1 aliphatic heterocycles. The maximum atomic E-state index is 12.5. The third kappa shape index (κ3) is 1.69. The first-order valence-corrected chi connectivity index (χ1v) is 7.68. The second-order valence-corrected chi connectivity index (χ2v) is 7.17. The molecule has 100 valence electrons. The van der Waals surface area contributed by atoms with Crippen LogP contribution in [0.1, 0.15) is 12.8 Å². The molecule has 2 fully saturated rings. The van der Waals surface area contributed by atoms with Gasteiger partial charge in [-0.2, -0.15) is 9.40 Å². The van der Waals surface area contributed by atoms with E-state index in [4.69, 9.17) is 5.73 Å². The number of aryl methyl sites for hydroxylation is 1. The largest absolute Gasteiger partial charge is 0.327 e. The average Bonchev–Trinajstić information content (AvgIpc) is 2.96. The summed E-state index contributed by atoms with van der Waals surface area (Å²) >= 11 is 0. The van der Waals surface area contributed by atoms with Crippen molar-refractivity contribution in [3.05, 3.63) is 12.3 Å². The summed E-state index contributed by atoms with van der Waals surface area (Å²) in [4.78, 5) is 0. The van der Waals surface area contributed by atoms with E-state index in [2.05, 4.69) is 5.10 Å². The Labute approximate surface area is 107 Å². The molecule has 1 aromatic rings. The molecule has 0 aromatic carbocycles. The molecule has 1 aromatic heterocycles. The van der Waals surface area contributed by atoms with Gasteiger partial charge < -0.3 is 5.73 Å². The summed E-state index contributed by atoms with van der Waals surface area (Å²) < 4.78 is 27.9. The van der Waals surface area contributed by atoms with Crippen molar-refractivity contribution in [3.8, 4) is 0 Å². The number of hydrogen-bond acceptors (Lipinski definition) is 4. The van der Waals surface area contributed by atoms with E-state index in [-0.39, 0.29) is 11.1 Å². The van der Waals surface area contributed by atoms with Gasteiger partial charge >= 0.3 is 0 Å². The Bertz CT molecular complexity index is 553. The molecule has 2 heterocycles. The molecular formula is C11H18N4O2S. The molecule has 6 nitrogen and oxygen atoms in total. The Hall–Kier alpha value is -0.920. The highest BCUT2D eigenvalue weighted by molar-refractivity contribution is 7.89. The van der Waals surface area contributed by atoms with Gasteiger partial charge in [0.1, 0.15) is 0 Å². The lowest BCUT2D eigenvalue weighted by molar-refractivity contribution is 0.422. The Balaban J connectivity index is 1.87. The van der Waals surface area contributed by atoms with E-state index < -0.39 is 10.0 Å². The van der Waals surface area contributed by atoms with Crippen LogP contribution in [0.4, 0.5) is 0 Å². The van der Waals surface area contributed by atoms with Crippen molar-refractivity contribution in [2.24, 2.45) is 24.6 Å². The minimum absolute atomic E-state index is 0.154. The van der Waals surface area contributed by atoms with E-state index in [9.17, 15) is 8.42 Å². The average molecular weight is 270 g/mol. The number of sulfonamides is 1. The molecule has 3 atom stereocenters. The summed E-state index contributed by atoms with van der Waals surface area (Å²) in [5.41, 5.74) is 6.03. The van der Waals surface area contributed by atoms with Crippen LogP contribution in [0, 0.1) is 11.8 Å². The highest BCUT2D eigenvalue weighted by Crippen LogP contribution is 2.39. The summed E-state index contributed by atoms with van der Waals surface area (Å²) in [6.07, 6.45) is 3.58. The Morgan fingerprint density at radius 3 is 2.78 bits per heavy atom. The van der Waals surface area contributed by atoms with E-state index in [1.165, 1.54) is 10.9 Å². The Morgan fingerprint density at radius 1 is 1.39 bits per heavy atom. The summed E-state index contributed by atoms with van der Waals surface area (Å²) in [6.45, 7) is 1.16. The van der Waals surface area contributed by atoms with Gasteiger partial charge in [0.25, 0.3) is 10.0 Å². The maximum Gasteiger partial charge on any atom is 0.260 e. The van der Waals surface area contributed by atoms with Crippen molar-refractivity contribution >= 4 is 10.0 Å². The van der Waals surface area contributed by atoms with E-state index in [1.54, 1.807) is 17.4 Å². The highest BCUT2D eigenvalue weighted by atomic mass is 32.2. The molecule has 1 saturated carbocycles. The van der Waals surface area contributed by atoms with Crippen LogP contribution in [0.25, 0.3) is 0 Å². The van der Waals surface area contributed by atoms with Gasteiger partial charge in [-0.05, 0) is 30.7 Å².